The van der Waals surface area contributed by atoms with E-state index in [-0.39, 0.29) is 17.7 Å². The first kappa shape index (κ1) is 11.5. The standard InChI is InChI=1S/C12H15NO5/c1-12(2,3)18-11(16)13-6-4-5-7(13)9(8(6)14)17-10(5)15/h5-7,9H,4H2,1-3H3/t5-,6-,7-,9-/m0/s1. The number of esters is 1. The van der Waals surface area contributed by atoms with E-state index >= 15 is 0 Å². The van der Waals surface area contributed by atoms with E-state index in [0.29, 0.717) is 6.42 Å². The molecule has 0 unspecified atom stereocenters. The van der Waals surface area contributed by atoms with Crippen LogP contribution in [0.1, 0.15) is 27.2 Å². The zero-order valence-corrected chi connectivity index (χ0v) is 10.5. The van der Waals surface area contributed by atoms with E-state index in [2.05, 4.69) is 0 Å². The van der Waals surface area contributed by atoms with Gasteiger partial charge in [-0.25, -0.2) is 4.79 Å². The number of rotatable bonds is 0. The van der Waals surface area contributed by atoms with Crippen LogP contribution in [0.4, 0.5) is 4.79 Å². The third-order valence-corrected chi connectivity index (χ3v) is 3.62. The summed E-state index contributed by atoms with van der Waals surface area (Å²) in [6.07, 6.45) is -0.930. The van der Waals surface area contributed by atoms with Crippen molar-refractivity contribution in [2.45, 2.75) is 51.0 Å². The number of Topliss-reactive ketones (excluding diaryl/α,β-unsaturated/α-hetero) is 1. The van der Waals surface area contributed by atoms with Crippen molar-refractivity contribution < 1.29 is 23.9 Å². The lowest BCUT2D eigenvalue weighted by atomic mass is 9.89. The molecule has 0 aromatic heterocycles. The molecule has 3 aliphatic heterocycles. The minimum atomic E-state index is -0.770. The van der Waals surface area contributed by atoms with Crippen molar-refractivity contribution in [2.75, 3.05) is 0 Å². The quantitative estimate of drug-likeness (QED) is 0.587. The fourth-order valence-corrected chi connectivity index (χ4v) is 3.00. The van der Waals surface area contributed by atoms with Crippen molar-refractivity contribution in [1.82, 2.24) is 4.90 Å². The van der Waals surface area contributed by atoms with Crippen LogP contribution >= 0.6 is 0 Å². The molecule has 3 saturated heterocycles. The maximum Gasteiger partial charge on any atom is 0.411 e. The average Bonchev–Trinajstić information content (AvgIpc) is 2.77. The van der Waals surface area contributed by atoms with Crippen LogP contribution in [0.5, 0.6) is 0 Å². The summed E-state index contributed by atoms with van der Waals surface area (Å²) in [7, 11) is 0. The molecule has 2 bridgehead atoms. The van der Waals surface area contributed by atoms with Gasteiger partial charge in [0.1, 0.15) is 5.60 Å². The first-order valence-electron chi connectivity index (χ1n) is 6.05. The molecule has 98 valence electrons. The molecule has 1 amide bonds. The second kappa shape index (κ2) is 3.24. The van der Waals surface area contributed by atoms with Gasteiger partial charge in [-0.2, -0.15) is 0 Å². The normalized spacial score (nSPS) is 37.2. The van der Waals surface area contributed by atoms with Crippen LogP contribution < -0.4 is 0 Å². The Labute approximate surface area is 104 Å². The Hall–Kier alpha value is -1.59. The number of amides is 1. The van der Waals surface area contributed by atoms with Gasteiger partial charge >= 0.3 is 12.1 Å². The summed E-state index contributed by atoms with van der Waals surface area (Å²) >= 11 is 0. The summed E-state index contributed by atoms with van der Waals surface area (Å²) in [5.41, 5.74) is -0.619. The second-order valence-electron chi connectivity index (χ2n) is 6.00. The molecule has 6 heteroatoms. The number of hydrogen-bond donors (Lipinski definition) is 0. The van der Waals surface area contributed by atoms with Crippen molar-refractivity contribution >= 4 is 17.8 Å². The number of carbonyl (C=O) groups excluding carboxylic acids is 3. The molecule has 4 atom stereocenters. The van der Waals surface area contributed by atoms with Gasteiger partial charge in [0.05, 0.1) is 18.0 Å². The third-order valence-electron chi connectivity index (χ3n) is 3.62. The van der Waals surface area contributed by atoms with Crippen molar-refractivity contribution in [3.05, 3.63) is 0 Å². The zero-order valence-electron chi connectivity index (χ0n) is 10.5. The second-order valence-corrected chi connectivity index (χ2v) is 6.00. The number of nitrogens with zero attached hydrogens (tertiary/aromatic N) is 1. The van der Waals surface area contributed by atoms with Crippen LogP contribution in [0, 0.1) is 5.92 Å². The Balaban J connectivity index is 1.86. The molecule has 3 aliphatic rings. The van der Waals surface area contributed by atoms with E-state index in [1.165, 1.54) is 4.90 Å². The molecule has 0 aliphatic carbocycles. The van der Waals surface area contributed by atoms with Crippen molar-refractivity contribution in [1.29, 1.82) is 0 Å². The first-order valence-corrected chi connectivity index (χ1v) is 6.05. The summed E-state index contributed by atoms with van der Waals surface area (Å²) < 4.78 is 10.3. The molecule has 6 nitrogen and oxygen atoms in total. The highest BCUT2D eigenvalue weighted by Gasteiger charge is 2.68. The number of hydrogen-bond acceptors (Lipinski definition) is 5. The number of ketones is 1. The molecule has 0 aromatic rings. The maximum atomic E-state index is 12.1. The fourth-order valence-electron chi connectivity index (χ4n) is 3.00. The SMILES string of the molecule is CC(C)(C)OC(=O)N1[C@H]2[C@@H]3C[C@H]1C(=O)[C@H]2OC3=O. The van der Waals surface area contributed by atoms with Crippen molar-refractivity contribution in [2.24, 2.45) is 5.92 Å². The van der Waals surface area contributed by atoms with Crippen LogP contribution in [0.3, 0.4) is 0 Å². The monoisotopic (exact) mass is 253 g/mol. The average molecular weight is 253 g/mol. The predicted octanol–water partition coefficient (Wildman–Crippen LogP) is 0.489. The summed E-state index contributed by atoms with van der Waals surface area (Å²) in [5.74, 6) is -0.898. The minimum Gasteiger partial charge on any atom is -0.452 e. The highest BCUT2D eigenvalue weighted by Crippen LogP contribution is 2.46. The van der Waals surface area contributed by atoms with Crippen LogP contribution in [0.25, 0.3) is 0 Å². The minimum absolute atomic E-state index is 0.173. The van der Waals surface area contributed by atoms with Crippen LogP contribution in [0.2, 0.25) is 0 Å². The van der Waals surface area contributed by atoms with Crippen LogP contribution in [0.15, 0.2) is 0 Å². The summed E-state index contributed by atoms with van der Waals surface area (Å²) in [5, 5.41) is 0. The smallest absolute Gasteiger partial charge is 0.411 e. The van der Waals surface area contributed by atoms with E-state index in [1.807, 2.05) is 0 Å². The molecular formula is C12H15NO5. The molecule has 0 radical (unpaired) electrons. The van der Waals surface area contributed by atoms with E-state index in [4.69, 9.17) is 9.47 Å². The number of ether oxygens (including phenoxy) is 2. The van der Waals surface area contributed by atoms with Gasteiger partial charge in [-0.05, 0) is 27.2 Å². The Morgan fingerprint density at radius 1 is 1.39 bits per heavy atom. The lowest BCUT2D eigenvalue weighted by molar-refractivity contribution is -0.146. The fraction of sp³-hybridized carbons (Fsp3) is 0.750. The Morgan fingerprint density at radius 2 is 2.06 bits per heavy atom. The molecule has 18 heavy (non-hydrogen) atoms. The molecular weight excluding hydrogens is 238 g/mol. The van der Waals surface area contributed by atoms with Gasteiger partial charge in [-0.3, -0.25) is 14.5 Å². The van der Waals surface area contributed by atoms with Gasteiger partial charge in [0, 0.05) is 0 Å². The topological polar surface area (TPSA) is 72.9 Å². The van der Waals surface area contributed by atoms with Gasteiger partial charge in [0.2, 0.25) is 0 Å². The number of carbonyl (C=O) groups is 3. The van der Waals surface area contributed by atoms with Gasteiger partial charge in [-0.15, -0.1) is 0 Å². The van der Waals surface area contributed by atoms with E-state index in [9.17, 15) is 14.4 Å². The van der Waals surface area contributed by atoms with Gasteiger partial charge in [-0.1, -0.05) is 0 Å². The number of fused-ring (bicyclic) bond motifs is 1. The lowest BCUT2D eigenvalue weighted by Crippen LogP contribution is -2.41. The van der Waals surface area contributed by atoms with Gasteiger partial charge < -0.3 is 9.47 Å². The highest BCUT2D eigenvalue weighted by atomic mass is 16.6. The molecule has 0 saturated carbocycles. The summed E-state index contributed by atoms with van der Waals surface area (Å²) in [6, 6.07) is -1.00. The largest absolute Gasteiger partial charge is 0.452 e. The highest BCUT2D eigenvalue weighted by molar-refractivity contribution is 6.02. The maximum absolute atomic E-state index is 12.1. The molecule has 3 heterocycles. The van der Waals surface area contributed by atoms with Gasteiger partial charge in [0.25, 0.3) is 0 Å². The van der Waals surface area contributed by atoms with Crippen LogP contribution in [-0.2, 0) is 19.1 Å². The van der Waals surface area contributed by atoms with E-state index < -0.39 is 29.9 Å². The van der Waals surface area contributed by atoms with Gasteiger partial charge in [0.15, 0.2) is 11.9 Å². The predicted molar refractivity (Wildman–Crippen MR) is 58.6 cm³/mol. The Morgan fingerprint density at radius 3 is 2.67 bits per heavy atom. The summed E-state index contributed by atoms with van der Waals surface area (Å²) in [6.45, 7) is 5.29. The van der Waals surface area contributed by atoms with Crippen molar-refractivity contribution in [3.8, 4) is 0 Å². The summed E-state index contributed by atoms with van der Waals surface area (Å²) in [4.78, 5) is 36.9. The van der Waals surface area contributed by atoms with Crippen LogP contribution in [-0.4, -0.2) is 46.5 Å². The first-order chi connectivity index (χ1) is 8.29. The molecule has 0 aromatic carbocycles. The molecule has 0 spiro atoms. The van der Waals surface area contributed by atoms with Crippen molar-refractivity contribution in [3.63, 3.8) is 0 Å². The molecule has 3 fully saturated rings. The van der Waals surface area contributed by atoms with E-state index in [0.717, 1.165) is 0 Å². The lowest BCUT2D eigenvalue weighted by Gasteiger charge is -2.26. The molecule has 0 N–H and O–H groups in total. The molecule has 3 rings (SSSR count). The Kier molecular flexibility index (Phi) is 2.07. The van der Waals surface area contributed by atoms with E-state index in [1.54, 1.807) is 20.8 Å². The third kappa shape index (κ3) is 1.38. The zero-order chi connectivity index (χ0) is 13.2. The Bertz CT molecular complexity index is 452.